The second-order valence-corrected chi connectivity index (χ2v) is 7.29. The van der Waals surface area contributed by atoms with Gasteiger partial charge in [0.1, 0.15) is 0 Å². The van der Waals surface area contributed by atoms with E-state index in [1.165, 1.54) is 17.1 Å². The SMILES string of the molecule is CCCc1nc(CN2CCN(CC(C)(C)O)CC2)cs1. The van der Waals surface area contributed by atoms with Gasteiger partial charge in [0.25, 0.3) is 0 Å². The van der Waals surface area contributed by atoms with E-state index in [0.717, 1.165) is 45.7 Å². The third kappa shape index (κ3) is 5.13. The zero-order valence-corrected chi connectivity index (χ0v) is 13.7. The van der Waals surface area contributed by atoms with Crippen LogP contribution in [0.1, 0.15) is 37.9 Å². The van der Waals surface area contributed by atoms with Crippen molar-refractivity contribution < 1.29 is 5.11 Å². The number of hydrogen-bond acceptors (Lipinski definition) is 5. The first-order chi connectivity index (χ1) is 9.46. The summed E-state index contributed by atoms with van der Waals surface area (Å²) in [6.45, 7) is 11.9. The maximum Gasteiger partial charge on any atom is 0.0928 e. The lowest BCUT2D eigenvalue weighted by atomic mass is 10.1. The first kappa shape index (κ1) is 15.9. The van der Waals surface area contributed by atoms with Crippen LogP contribution in [0.2, 0.25) is 0 Å². The molecule has 2 heterocycles. The quantitative estimate of drug-likeness (QED) is 0.871. The predicted octanol–water partition coefficient (Wildman–Crippen LogP) is 1.98. The highest BCUT2D eigenvalue weighted by atomic mass is 32.1. The Labute approximate surface area is 126 Å². The molecular formula is C15H27N3OS. The Hall–Kier alpha value is -0.490. The van der Waals surface area contributed by atoms with Gasteiger partial charge in [-0.05, 0) is 26.7 Å². The normalized spacial score (nSPS) is 18.6. The fourth-order valence-electron chi connectivity index (χ4n) is 2.63. The van der Waals surface area contributed by atoms with Gasteiger partial charge in [-0.1, -0.05) is 6.92 Å². The molecule has 1 fully saturated rings. The molecular weight excluding hydrogens is 270 g/mol. The molecule has 0 unspecified atom stereocenters. The minimum Gasteiger partial charge on any atom is -0.389 e. The Morgan fingerprint density at radius 1 is 1.25 bits per heavy atom. The Balaban J connectivity index is 1.76. The summed E-state index contributed by atoms with van der Waals surface area (Å²) in [5.41, 5.74) is 0.626. The molecule has 0 aromatic carbocycles. The molecule has 0 saturated carbocycles. The average molecular weight is 297 g/mol. The second-order valence-electron chi connectivity index (χ2n) is 6.35. The van der Waals surface area contributed by atoms with E-state index in [9.17, 15) is 5.11 Å². The molecule has 5 heteroatoms. The van der Waals surface area contributed by atoms with Gasteiger partial charge in [0.2, 0.25) is 0 Å². The van der Waals surface area contributed by atoms with E-state index >= 15 is 0 Å². The van der Waals surface area contributed by atoms with E-state index in [1.54, 1.807) is 11.3 Å². The van der Waals surface area contributed by atoms with Crippen LogP contribution >= 0.6 is 11.3 Å². The highest BCUT2D eigenvalue weighted by Crippen LogP contribution is 2.15. The summed E-state index contributed by atoms with van der Waals surface area (Å²) in [4.78, 5) is 9.51. The lowest BCUT2D eigenvalue weighted by Crippen LogP contribution is -2.50. The summed E-state index contributed by atoms with van der Waals surface area (Å²) >= 11 is 1.79. The number of nitrogens with zero attached hydrogens (tertiary/aromatic N) is 3. The van der Waals surface area contributed by atoms with Gasteiger partial charge in [-0.2, -0.15) is 0 Å². The maximum atomic E-state index is 9.86. The summed E-state index contributed by atoms with van der Waals surface area (Å²) in [5.74, 6) is 0. The molecule has 1 N–H and O–H groups in total. The summed E-state index contributed by atoms with van der Waals surface area (Å²) in [6, 6.07) is 0. The van der Waals surface area contributed by atoms with Crippen molar-refractivity contribution in [1.29, 1.82) is 0 Å². The van der Waals surface area contributed by atoms with Crippen LogP contribution < -0.4 is 0 Å². The van der Waals surface area contributed by atoms with E-state index in [-0.39, 0.29) is 0 Å². The summed E-state index contributed by atoms with van der Waals surface area (Å²) in [5, 5.41) is 13.3. The molecule has 0 aliphatic carbocycles. The number of aromatic nitrogens is 1. The summed E-state index contributed by atoms with van der Waals surface area (Å²) in [7, 11) is 0. The van der Waals surface area contributed by atoms with Gasteiger partial charge in [0.15, 0.2) is 0 Å². The number of β-amino-alcohol motifs (C(OH)–C–C–N with tert-alkyl or cyclic N) is 1. The predicted molar refractivity (Wildman–Crippen MR) is 84.1 cm³/mol. The molecule has 114 valence electrons. The van der Waals surface area contributed by atoms with Crippen molar-refractivity contribution in [3.05, 3.63) is 16.1 Å². The van der Waals surface area contributed by atoms with Crippen LogP contribution in [0, 0.1) is 0 Å². The van der Waals surface area contributed by atoms with Gasteiger partial charge in [-0.3, -0.25) is 9.80 Å². The van der Waals surface area contributed by atoms with E-state index in [1.807, 2.05) is 13.8 Å². The van der Waals surface area contributed by atoms with Crippen LogP contribution in [0.4, 0.5) is 0 Å². The second kappa shape index (κ2) is 6.98. The topological polar surface area (TPSA) is 39.6 Å². The van der Waals surface area contributed by atoms with E-state index in [4.69, 9.17) is 4.98 Å². The number of hydrogen-bond donors (Lipinski definition) is 1. The average Bonchev–Trinajstić information content (AvgIpc) is 2.78. The molecule has 0 radical (unpaired) electrons. The van der Waals surface area contributed by atoms with E-state index in [0.29, 0.717) is 0 Å². The lowest BCUT2D eigenvalue weighted by Gasteiger charge is -2.37. The van der Waals surface area contributed by atoms with Gasteiger partial charge < -0.3 is 5.11 Å². The monoisotopic (exact) mass is 297 g/mol. The highest BCUT2D eigenvalue weighted by molar-refractivity contribution is 7.09. The van der Waals surface area contributed by atoms with Gasteiger partial charge in [-0.15, -0.1) is 11.3 Å². The molecule has 20 heavy (non-hydrogen) atoms. The summed E-state index contributed by atoms with van der Waals surface area (Å²) < 4.78 is 0. The first-order valence-electron chi connectivity index (χ1n) is 7.56. The number of piperazine rings is 1. The van der Waals surface area contributed by atoms with Crippen LogP contribution in [-0.4, -0.2) is 58.2 Å². The number of aryl methyl sites for hydroxylation is 1. The minimum atomic E-state index is -0.591. The Morgan fingerprint density at radius 3 is 2.50 bits per heavy atom. The zero-order chi connectivity index (χ0) is 14.6. The Kier molecular flexibility index (Phi) is 5.55. The van der Waals surface area contributed by atoms with Crippen LogP contribution in [0.3, 0.4) is 0 Å². The third-order valence-electron chi connectivity index (χ3n) is 3.52. The van der Waals surface area contributed by atoms with Crippen molar-refractivity contribution in [2.24, 2.45) is 0 Å². The zero-order valence-electron chi connectivity index (χ0n) is 12.9. The smallest absolute Gasteiger partial charge is 0.0928 e. The van der Waals surface area contributed by atoms with Crippen molar-refractivity contribution in [1.82, 2.24) is 14.8 Å². The number of thiazole rings is 1. The molecule has 4 nitrogen and oxygen atoms in total. The van der Waals surface area contributed by atoms with Gasteiger partial charge >= 0.3 is 0 Å². The molecule has 1 aromatic heterocycles. The van der Waals surface area contributed by atoms with Crippen LogP contribution in [0.25, 0.3) is 0 Å². The third-order valence-corrected chi connectivity index (χ3v) is 4.48. The van der Waals surface area contributed by atoms with E-state index in [2.05, 4.69) is 22.1 Å². The van der Waals surface area contributed by atoms with Crippen molar-refractivity contribution in [2.75, 3.05) is 32.7 Å². The van der Waals surface area contributed by atoms with Gasteiger partial charge in [0.05, 0.1) is 16.3 Å². The highest BCUT2D eigenvalue weighted by Gasteiger charge is 2.22. The molecule has 1 aromatic rings. The molecule has 0 amide bonds. The Morgan fingerprint density at radius 2 is 1.90 bits per heavy atom. The standard InChI is InChI=1S/C15H27N3OS/c1-4-5-14-16-13(11-20-14)10-17-6-8-18(9-7-17)12-15(2,3)19/h11,19H,4-10,12H2,1-3H3. The first-order valence-corrected chi connectivity index (χ1v) is 8.44. The van der Waals surface area contributed by atoms with Gasteiger partial charge in [-0.25, -0.2) is 4.98 Å². The summed E-state index contributed by atoms with van der Waals surface area (Å²) in [6.07, 6.45) is 2.27. The molecule has 2 rings (SSSR count). The van der Waals surface area contributed by atoms with Crippen molar-refractivity contribution in [3.63, 3.8) is 0 Å². The minimum absolute atomic E-state index is 0.591. The lowest BCUT2D eigenvalue weighted by molar-refractivity contribution is 0.0165. The molecule has 1 aliphatic rings. The fraction of sp³-hybridized carbons (Fsp3) is 0.800. The van der Waals surface area contributed by atoms with Crippen molar-refractivity contribution in [3.8, 4) is 0 Å². The van der Waals surface area contributed by atoms with Crippen LogP contribution in [0.15, 0.2) is 5.38 Å². The van der Waals surface area contributed by atoms with Crippen molar-refractivity contribution in [2.45, 2.75) is 45.8 Å². The van der Waals surface area contributed by atoms with E-state index < -0.39 is 5.60 Å². The van der Waals surface area contributed by atoms with Gasteiger partial charge in [0, 0.05) is 44.6 Å². The van der Waals surface area contributed by atoms with Crippen LogP contribution in [0.5, 0.6) is 0 Å². The molecule has 1 saturated heterocycles. The van der Waals surface area contributed by atoms with Crippen molar-refractivity contribution >= 4 is 11.3 Å². The number of aliphatic hydroxyl groups is 1. The number of rotatable bonds is 6. The molecule has 0 atom stereocenters. The molecule has 1 aliphatic heterocycles. The largest absolute Gasteiger partial charge is 0.389 e. The Bertz CT molecular complexity index is 405. The fourth-order valence-corrected chi connectivity index (χ4v) is 3.52. The maximum absolute atomic E-state index is 9.86. The molecule has 0 bridgehead atoms. The molecule has 0 spiro atoms. The van der Waals surface area contributed by atoms with Crippen LogP contribution in [-0.2, 0) is 13.0 Å².